The van der Waals surface area contributed by atoms with Crippen molar-refractivity contribution in [1.82, 2.24) is 5.32 Å². The molecule has 0 radical (unpaired) electrons. The van der Waals surface area contributed by atoms with Gasteiger partial charge in [-0.25, -0.2) is 4.79 Å². The van der Waals surface area contributed by atoms with Gasteiger partial charge in [-0.1, -0.05) is 19.1 Å². The van der Waals surface area contributed by atoms with Crippen LogP contribution < -0.4 is 10.2 Å². The minimum atomic E-state index is -1.12. The van der Waals surface area contributed by atoms with E-state index >= 15 is 0 Å². The topological polar surface area (TPSA) is 78.9 Å². The minimum absolute atomic E-state index is 0.0863. The summed E-state index contributed by atoms with van der Waals surface area (Å²) in [6.07, 6.45) is 0. The number of thiol groups is 1. The first-order chi connectivity index (χ1) is 11.4. The van der Waals surface area contributed by atoms with Crippen LogP contribution in [0.1, 0.15) is 19.4 Å². The van der Waals surface area contributed by atoms with Crippen LogP contribution in [0.25, 0.3) is 0 Å². The monoisotopic (exact) mass is 354 g/mol. The summed E-state index contributed by atoms with van der Waals surface area (Å²) in [5.41, 5.74) is 2.06. The molecule has 1 unspecified atom stereocenters. The molecule has 2 atom stereocenters. The van der Waals surface area contributed by atoms with Crippen molar-refractivity contribution in [3.8, 4) is 0 Å². The molecule has 134 valence electrons. The SMILES string of the molecule is CCN(C)c1ccc(COCC(NC(=O)[C@H](C)CS)C(=O)O)cc1. The van der Waals surface area contributed by atoms with E-state index in [0.29, 0.717) is 5.75 Å². The van der Waals surface area contributed by atoms with Crippen LogP contribution in [-0.2, 0) is 20.9 Å². The first kappa shape index (κ1) is 20.3. The Morgan fingerprint density at radius 1 is 1.33 bits per heavy atom. The lowest BCUT2D eigenvalue weighted by molar-refractivity contribution is -0.144. The van der Waals surface area contributed by atoms with Crippen LogP contribution in [-0.4, -0.2) is 49.0 Å². The highest BCUT2D eigenvalue weighted by molar-refractivity contribution is 7.80. The molecule has 1 rings (SSSR count). The van der Waals surface area contributed by atoms with Crippen molar-refractivity contribution >= 4 is 30.2 Å². The number of carboxylic acids is 1. The first-order valence-corrected chi connectivity index (χ1v) is 8.54. The number of hydrogen-bond acceptors (Lipinski definition) is 5. The van der Waals surface area contributed by atoms with Crippen molar-refractivity contribution in [2.75, 3.05) is 30.9 Å². The number of aliphatic carboxylic acids is 1. The zero-order chi connectivity index (χ0) is 18.1. The van der Waals surface area contributed by atoms with Crippen molar-refractivity contribution in [3.05, 3.63) is 29.8 Å². The van der Waals surface area contributed by atoms with Crippen molar-refractivity contribution in [3.63, 3.8) is 0 Å². The summed E-state index contributed by atoms with van der Waals surface area (Å²) in [5.74, 6) is -1.45. The highest BCUT2D eigenvalue weighted by Gasteiger charge is 2.22. The van der Waals surface area contributed by atoms with E-state index in [4.69, 9.17) is 4.74 Å². The van der Waals surface area contributed by atoms with Gasteiger partial charge in [-0.2, -0.15) is 12.6 Å². The Kier molecular flexibility index (Phi) is 8.63. The molecular weight excluding hydrogens is 328 g/mol. The number of ether oxygens (including phenoxy) is 1. The number of anilines is 1. The largest absolute Gasteiger partial charge is 0.480 e. The van der Waals surface area contributed by atoms with Crippen LogP contribution in [0.2, 0.25) is 0 Å². The van der Waals surface area contributed by atoms with E-state index in [9.17, 15) is 14.7 Å². The number of hydrogen-bond donors (Lipinski definition) is 3. The normalized spacial score (nSPS) is 13.2. The molecule has 0 saturated heterocycles. The van der Waals surface area contributed by atoms with E-state index in [1.54, 1.807) is 6.92 Å². The fourth-order valence-electron chi connectivity index (χ4n) is 1.90. The maximum absolute atomic E-state index is 11.8. The Hall–Kier alpha value is -1.73. The van der Waals surface area contributed by atoms with Gasteiger partial charge in [0.25, 0.3) is 0 Å². The molecule has 1 aromatic carbocycles. The molecule has 0 aromatic heterocycles. The van der Waals surface area contributed by atoms with Gasteiger partial charge >= 0.3 is 5.97 Å². The lowest BCUT2D eigenvalue weighted by Gasteiger charge is -2.18. The van der Waals surface area contributed by atoms with E-state index in [1.165, 1.54) is 0 Å². The van der Waals surface area contributed by atoms with E-state index in [2.05, 4.69) is 29.8 Å². The summed E-state index contributed by atoms with van der Waals surface area (Å²) in [7, 11) is 2.01. The van der Waals surface area contributed by atoms with Crippen LogP contribution >= 0.6 is 12.6 Å². The van der Waals surface area contributed by atoms with Crippen molar-refractivity contribution in [2.24, 2.45) is 5.92 Å². The van der Waals surface area contributed by atoms with Gasteiger partial charge in [0.15, 0.2) is 6.04 Å². The van der Waals surface area contributed by atoms with Crippen LogP contribution in [0, 0.1) is 5.92 Å². The highest BCUT2D eigenvalue weighted by Crippen LogP contribution is 2.14. The number of benzene rings is 1. The zero-order valence-electron chi connectivity index (χ0n) is 14.4. The van der Waals surface area contributed by atoms with Crippen LogP contribution in [0.15, 0.2) is 24.3 Å². The van der Waals surface area contributed by atoms with Gasteiger partial charge < -0.3 is 20.1 Å². The first-order valence-electron chi connectivity index (χ1n) is 7.90. The van der Waals surface area contributed by atoms with Crippen molar-refractivity contribution < 1.29 is 19.4 Å². The molecule has 1 aromatic rings. The van der Waals surface area contributed by atoms with E-state index < -0.39 is 12.0 Å². The lowest BCUT2D eigenvalue weighted by Crippen LogP contribution is -2.46. The molecule has 0 aliphatic rings. The highest BCUT2D eigenvalue weighted by atomic mass is 32.1. The van der Waals surface area contributed by atoms with Crippen LogP contribution in [0.3, 0.4) is 0 Å². The molecular formula is C17H26N2O4S. The molecule has 0 bridgehead atoms. The van der Waals surface area contributed by atoms with Gasteiger partial charge in [-0.15, -0.1) is 0 Å². The summed E-state index contributed by atoms with van der Waals surface area (Å²) in [6, 6.07) is 6.81. The zero-order valence-corrected chi connectivity index (χ0v) is 15.3. The quantitative estimate of drug-likeness (QED) is 0.559. The second-order valence-electron chi connectivity index (χ2n) is 5.68. The maximum atomic E-state index is 11.8. The van der Waals surface area contributed by atoms with Crippen LogP contribution in [0.4, 0.5) is 5.69 Å². The molecule has 0 aliphatic heterocycles. The summed E-state index contributed by atoms with van der Waals surface area (Å²) in [6.45, 7) is 4.89. The van der Waals surface area contributed by atoms with Gasteiger partial charge in [0.2, 0.25) is 5.91 Å². The molecule has 0 heterocycles. The number of nitrogens with zero attached hydrogens (tertiary/aromatic N) is 1. The third-order valence-corrected chi connectivity index (χ3v) is 4.29. The average Bonchev–Trinajstić information content (AvgIpc) is 2.59. The summed E-state index contributed by atoms with van der Waals surface area (Å²) >= 11 is 4.03. The Morgan fingerprint density at radius 3 is 2.46 bits per heavy atom. The number of amides is 1. The van der Waals surface area contributed by atoms with E-state index in [1.807, 2.05) is 31.3 Å². The Labute approximate surface area is 148 Å². The second kappa shape index (κ2) is 10.2. The number of nitrogens with one attached hydrogen (secondary N) is 1. The smallest absolute Gasteiger partial charge is 0.328 e. The van der Waals surface area contributed by atoms with Gasteiger partial charge in [0, 0.05) is 31.0 Å². The number of carbonyl (C=O) groups excluding carboxylic acids is 1. The number of carbonyl (C=O) groups is 2. The number of rotatable bonds is 10. The molecule has 0 saturated carbocycles. The Bertz CT molecular complexity index is 536. The summed E-state index contributed by atoms with van der Waals surface area (Å²) in [4.78, 5) is 25.1. The molecule has 0 aliphatic carbocycles. The third kappa shape index (κ3) is 6.41. The molecule has 2 N–H and O–H groups in total. The third-order valence-electron chi connectivity index (χ3n) is 3.74. The fourth-order valence-corrected chi connectivity index (χ4v) is 2.06. The predicted octanol–water partition coefficient (Wildman–Crippen LogP) is 1.79. The lowest BCUT2D eigenvalue weighted by atomic mass is 10.2. The molecule has 0 fully saturated rings. The molecule has 24 heavy (non-hydrogen) atoms. The number of carboxylic acid groups (broad SMARTS) is 1. The van der Waals surface area contributed by atoms with E-state index in [-0.39, 0.29) is 25.0 Å². The molecule has 7 heteroatoms. The molecule has 0 spiro atoms. The Balaban J connectivity index is 2.50. The second-order valence-corrected chi connectivity index (χ2v) is 6.04. The average molecular weight is 354 g/mol. The molecule has 6 nitrogen and oxygen atoms in total. The van der Waals surface area contributed by atoms with Crippen molar-refractivity contribution in [2.45, 2.75) is 26.5 Å². The maximum Gasteiger partial charge on any atom is 0.328 e. The standard InChI is InChI=1S/C17H26N2O4S/c1-4-19(3)14-7-5-13(6-8-14)9-23-10-15(17(21)22)18-16(20)12(2)11-24/h5-8,12,15,24H,4,9-11H2,1-3H3,(H,18,20)(H,21,22)/t12-,15?/m1/s1. The van der Waals surface area contributed by atoms with Gasteiger partial charge in [0.05, 0.1) is 13.2 Å². The van der Waals surface area contributed by atoms with Gasteiger partial charge in [0.1, 0.15) is 0 Å². The minimum Gasteiger partial charge on any atom is -0.480 e. The fraction of sp³-hybridized carbons (Fsp3) is 0.529. The Morgan fingerprint density at radius 2 is 1.96 bits per heavy atom. The summed E-state index contributed by atoms with van der Waals surface area (Å²) < 4.78 is 5.46. The molecule has 1 amide bonds. The van der Waals surface area contributed by atoms with Crippen molar-refractivity contribution in [1.29, 1.82) is 0 Å². The predicted molar refractivity (Wildman–Crippen MR) is 97.6 cm³/mol. The van der Waals surface area contributed by atoms with Crippen LogP contribution in [0.5, 0.6) is 0 Å². The van der Waals surface area contributed by atoms with Gasteiger partial charge in [-0.05, 0) is 24.6 Å². The van der Waals surface area contributed by atoms with Gasteiger partial charge in [-0.3, -0.25) is 4.79 Å². The summed E-state index contributed by atoms with van der Waals surface area (Å²) in [5, 5.41) is 11.6. The van der Waals surface area contributed by atoms with E-state index in [0.717, 1.165) is 17.8 Å².